The summed E-state index contributed by atoms with van der Waals surface area (Å²) in [5, 5.41) is 9.79. The molecule has 0 amide bonds. The minimum absolute atomic E-state index is 0.0577. The summed E-state index contributed by atoms with van der Waals surface area (Å²) in [6, 6.07) is 0. The number of aliphatic hydroxyl groups is 1. The predicted octanol–water partition coefficient (Wildman–Crippen LogP) is 4.77. The maximum Gasteiger partial charge on any atom is 0.460 e. The molecular weight excluding hydrogens is 584 g/mol. The van der Waals surface area contributed by atoms with Crippen molar-refractivity contribution in [3.05, 3.63) is 0 Å². The fourth-order valence-corrected chi connectivity index (χ4v) is 7.77. The summed E-state index contributed by atoms with van der Waals surface area (Å²) in [6.07, 6.45) is -13.8. The van der Waals surface area contributed by atoms with Crippen LogP contribution in [0.3, 0.4) is 0 Å². The van der Waals surface area contributed by atoms with Gasteiger partial charge in [-0.05, 0) is 55.8 Å². The smallest absolute Gasteiger partial charge is 0.460 e. The first kappa shape index (κ1) is 31.0. The average molecular weight is 604 g/mol. The molecule has 4 saturated carbocycles. The van der Waals surface area contributed by atoms with Crippen molar-refractivity contribution in [3.63, 3.8) is 0 Å². The molecule has 0 radical (unpaired) electrons. The molecule has 0 aromatic carbocycles. The molecule has 4 aliphatic carbocycles. The maximum absolute atomic E-state index is 14.7. The van der Waals surface area contributed by atoms with Crippen LogP contribution >= 0.6 is 0 Å². The van der Waals surface area contributed by atoms with Crippen LogP contribution in [0.4, 0.5) is 52.7 Å². The average Bonchev–Trinajstić information content (AvgIpc) is 2.68. The molecular formula is C19H20F12O6S. The molecule has 19 heteroatoms. The summed E-state index contributed by atoms with van der Waals surface area (Å²) < 4.78 is 192. The standard InChI is InChI=1S/C19H20F12O6S/c20-15(21,16(22,23)17(24,25)19(29,30)31)14(18(26,27)28,38(34,35)36)11(33)37-8-13-4-9-1-10(5-13)3-12(2-9,6-13)7-32/h9-10,32H,1-8H2,(H,34,35,36). The Hall–Kier alpha value is -1.50. The first-order chi connectivity index (χ1) is 16.8. The van der Waals surface area contributed by atoms with Crippen LogP contribution in [0.25, 0.3) is 0 Å². The molecule has 4 fully saturated rings. The van der Waals surface area contributed by atoms with Gasteiger partial charge in [0.25, 0.3) is 10.1 Å². The Morgan fingerprint density at radius 1 is 0.763 bits per heavy atom. The van der Waals surface area contributed by atoms with Crippen LogP contribution in [0, 0.1) is 22.7 Å². The molecule has 4 aliphatic rings. The second-order valence-corrected chi connectivity index (χ2v) is 12.1. The highest BCUT2D eigenvalue weighted by atomic mass is 32.2. The van der Waals surface area contributed by atoms with E-state index in [2.05, 4.69) is 4.74 Å². The molecule has 4 rings (SSSR count). The van der Waals surface area contributed by atoms with Crippen LogP contribution in [0.2, 0.25) is 0 Å². The summed E-state index contributed by atoms with van der Waals surface area (Å²) in [7, 11) is -8.00. The van der Waals surface area contributed by atoms with Gasteiger partial charge in [-0.3, -0.25) is 4.55 Å². The van der Waals surface area contributed by atoms with Crippen LogP contribution < -0.4 is 0 Å². The third-order valence-corrected chi connectivity index (χ3v) is 9.24. The summed E-state index contributed by atoms with van der Waals surface area (Å²) in [4.78, 5) is 12.4. The highest BCUT2D eigenvalue weighted by molar-refractivity contribution is 7.88. The second-order valence-electron chi connectivity index (χ2n) is 10.6. The van der Waals surface area contributed by atoms with Crippen LogP contribution in [-0.2, 0) is 19.6 Å². The third kappa shape index (κ3) is 4.07. The lowest BCUT2D eigenvalue weighted by Crippen LogP contribution is -2.77. The van der Waals surface area contributed by atoms with E-state index in [0.29, 0.717) is 19.3 Å². The highest BCUT2D eigenvalue weighted by Crippen LogP contribution is 2.66. The van der Waals surface area contributed by atoms with Crippen molar-refractivity contribution in [3.8, 4) is 0 Å². The number of ether oxygens (including phenoxy) is 1. The molecule has 4 bridgehead atoms. The zero-order valence-corrected chi connectivity index (χ0v) is 19.6. The Morgan fingerprint density at radius 3 is 1.58 bits per heavy atom. The lowest BCUT2D eigenvalue weighted by molar-refractivity contribution is -0.408. The van der Waals surface area contributed by atoms with Crippen molar-refractivity contribution in [2.24, 2.45) is 22.7 Å². The van der Waals surface area contributed by atoms with Gasteiger partial charge in [0, 0.05) is 12.0 Å². The SMILES string of the molecule is O=C(OCC12CC3CC(CC(CO)(C3)C1)C2)C(C(F)(F)F)(C(F)(F)C(F)(F)C(F)(F)C(F)(F)F)S(=O)(=O)O. The van der Waals surface area contributed by atoms with Crippen LogP contribution in [0.1, 0.15) is 38.5 Å². The van der Waals surface area contributed by atoms with E-state index < -0.39 is 75.0 Å². The zero-order chi connectivity index (χ0) is 29.6. The van der Waals surface area contributed by atoms with E-state index >= 15 is 0 Å². The van der Waals surface area contributed by atoms with Gasteiger partial charge in [0.2, 0.25) is 0 Å². The van der Waals surface area contributed by atoms with Gasteiger partial charge in [0.05, 0.1) is 6.61 Å². The van der Waals surface area contributed by atoms with Gasteiger partial charge in [-0.2, -0.15) is 61.1 Å². The fraction of sp³-hybridized carbons (Fsp3) is 0.947. The minimum atomic E-state index is -8.25. The van der Waals surface area contributed by atoms with Crippen molar-refractivity contribution < 1.29 is 80.3 Å². The van der Waals surface area contributed by atoms with Crippen LogP contribution in [0.5, 0.6) is 0 Å². The first-order valence-corrected chi connectivity index (χ1v) is 12.2. The molecule has 222 valence electrons. The third-order valence-electron chi connectivity index (χ3n) is 7.81. The molecule has 3 atom stereocenters. The van der Waals surface area contributed by atoms with Gasteiger partial charge in [-0.1, -0.05) is 0 Å². The topological polar surface area (TPSA) is 101 Å². The van der Waals surface area contributed by atoms with Crippen LogP contribution in [0.15, 0.2) is 0 Å². The second kappa shape index (κ2) is 8.50. The number of carbonyl (C=O) groups excluding carboxylic acids is 1. The lowest BCUT2D eigenvalue weighted by Gasteiger charge is -2.61. The normalized spacial score (nSPS) is 32.3. The zero-order valence-electron chi connectivity index (χ0n) is 18.8. The van der Waals surface area contributed by atoms with Gasteiger partial charge >= 0.3 is 40.8 Å². The summed E-state index contributed by atoms with van der Waals surface area (Å²) >= 11 is 0. The van der Waals surface area contributed by atoms with Gasteiger partial charge in [-0.25, -0.2) is 4.79 Å². The monoisotopic (exact) mass is 604 g/mol. The maximum atomic E-state index is 14.7. The van der Waals surface area contributed by atoms with E-state index in [9.17, 15) is 71.0 Å². The summed E-state index contributed by atoms with van der Waals surface area (Å²) in [5.41, 5.74) is -2.20. The van der Waals surface area contributed by atoms with E-state index in [-0.39, 0.29) is 31.1 Å². The van der Waals surface area contributed by atoms with E-state index in [0.717, 1.165) is 0 Å². The highest BCUT2D eigenvalue weighted by Gasteiger charge is 2.95. The predicted molar refractivity (Wildman–Crippen MR) is 98.8 cm³/mol. The Balaban J connectivity index is 2.10. The molecule has 0 saturated heterocycles. The lowest BCUT2D eigenvalue weighted by atomic mass is 9.44. The van der Waals surface area contributed by atoms with E-state index in [1.807, 2.05) is 0 Å². The number of esters is 1. The molecule has 3 unspecified atom stereocenters. The van der Waals surface area contributed by atoms with Crippen LogP contribution in [-0.4, -0.2) is 72.1 Å². The van der Waals surface area contributed by atoms with Gasteiger partial charge in [-0.15, -0.1) is 0 Å². The molecule has 0 aromatic rings. The molecule has 0 spiro atoms. The van der Waals surface area contributed by atoms with Crippen molar-refractivity contribution >= 4 is 16.1 Å². The van der Waals surface area contributed by atoms with Gasteiger partial charge in [0.15, 0.2) is 0 Å². The quantitative estimate of drug-likeness (QED) is 0.236. The molecule has 0 aromatic heterocycles. The number of alkyl halides is 12. The van der Waals surface area contributed by atoms with Gasteiger partial charge in [0.1, 0.15) is 0 Å². The Bertz CT molecular complexity index is 1060. The summed E-state index contributed by atoms with van der Waals surface area (Å²) in [5.74, 6) is -28.7. The molecule has 0 aliphatic heterocycles. The first-order valence-electron chi connectivity index (χ1n) is 10.8. The number of rotatable bonds is 8. The molecule has 6 nitrogen and oxygen atoms in total. The van der Waals surface area contributed by atoms with E-state index in [4.69, 9.17) is 4.55 Å². The Kier molecular flexibility index (Phi) is 6.94. The van der Waals surface area contributed by atoms with Crippen molar-refractivity contribution in [2.75, 3.05) is 13.2 Å². The van der Waals surface area contributed by atoms with Crippen molar-refractivity contribution in [1.82, 2.24) is 0 Å². The number of hydrogen-bond acceptors (Lipinski definition) is 5. The molecule has 0 heterocycles. The minimum Gasteiger partial charge on any atom is -0.463 e. The number of hydrogen-bond donors (Lipinski definition) is 2. The van der Waals surface area contributed by atoms with Gasteiger partial charge < -0.3 is 9.84 Å². The number of carbonyl (C=O) groups is 1. The van der Waals surface area contributed by atoms with E-state index in [1.54, 1.807) is 0 Å². The Morgan fingerprint density at radius 2 is 1.21 bits per heavy atom. The fourth-order valence-electron chi connectivity index (χ4n) is 6.76. The molecule has 2 N–H and O–H groups in total. The van der Waals surface area contributed by atoms with Crippen molar-refractivity contribution in [1.29, 1.82) is 0 Å². The van der Waals surface area contributed by atoms with E-state index in [1.165, 1.54) is 0 Å². The number of aliphatic hydroxyl groups excluding tert-OH is 1. The largest absolute Gasteiger partial charge is 0.463 e. The number of halogens is 12. The summed E-state index contributed by atoms with van der Waals surface area (Å²) in [6.45, 7) is -1.80. The Labute approximate surface area is 206 Å². The van der Waals surface area contributed by atoms with Crippen molar-refractivity contribution in [2.45, 2.75) is 73.4 Å². The molecule has 38 heavy (non-hydrogen) atoms.